The zero-order valence-corrected chi connectivity index (χ0v) is 18.8. The number of benzene rings is 2. The standard InChI is InChI=1S/C24H28N4O2S/c1-3-26(17-19-7-5-4-6-8-19)23(29)22-18-31-24(25-22)28-15-13-27(14-16-28)20-9-11-21(30-2)12-10-20/h4-12,18H,3,13-17H2,1-2H3. The summed E-state index contributed by atoms with van der Waals surface area (Å²) in [6, 6.07) is 18.3. The molecule has 4 rings (SSSR count). The van der Waals surface area contributed by atoms with Gasteiger partial charge in [-0.3, -0.25) is 4.79 Å². The number of anilines is 2. The number of hydrogen-bond acceptors (Lipinski definition) is 6. The predicted octanol–water partition coefficient (Wildman–Crippen LogP) is 4.14. The first-order valence-electron chi connectivity index (χ1n) is 10.6. The third-order valence-corrected chi connectivity index (χ3v) is 6.49. The minimum absolute atomic E-state index is 0.00859. The quantitative estimate of drug-likeness (QED) is 0.557. The molecule has 1 aliphatic heterocycles. The molecule has 0 aliphatic carbocycles. The molecule has 0 atom stereocenters. The highest BCUT2D eigenvalue weighted by Crippen LogP contribution is 2.25. The maximum Gasteiger partial charge on any atom is 0.273 e. The lowest BCUT2D eigenvalue weighted by molar-refractivity contribution is 0.0747. The van der Waals surface area contributed by atoms with Crippen LogP contribution in [0.15, 0.2) is 60.0 Å². The van der Waals surface area contributed by atoms with Gasteiger partial charge in [0.2, 0.25) is 0 Å². The third-order valence-electron chi connectivity index (χ3n) is 5.58. The lowest BCUT2D eigenvalue weighted by Gasteiger charge is -2.36. The average molecular weight is 437 g/mol. The lowest BCUT2D eigenvalue weighted by atomic mass is 10.2. The minimum atomic E-state index is -0.00859. The number of rotatable bonds is 7. The van der Waals surface area contributed by atoms with Crippen LogP contribution in [0.3, 0.4) is 0 Å². The van der Waals surface area contributed by atoms with Gasteiger partial charge in [-0.1, -0.05) is 30.3 Å². The van der Waals surface area contributed by atoms with Crippen LogP contribution in [0.25, 0.3) is 0 Å². The topological polar surface area (TPSA) is 48.9 Å². The largest absolute Gasteiger partial charge is 0.497 e. The summed E-state index contributed by atoms with van der Waals surface area (Å²) < 4.78 is 5.25. The van der Waals surface area contributed by atoms with E-state index in [9.17, 15) is 4.79 Å². The SMILES string of the molecule is CCN(Cc1ccccc1)C(=O)c1csc(N2CCN(c3ccc(OC)cc3)CC2)n1. The summed E-state index contributed by atoms with van der Waals surface area (Å²) in [6.45, 7) is 6.87. The summed E-state index contributed by atoms with van der Waals surface area (Å²) in [5.41, 5.74) is 2.87. The molecule has 0 N–H and O–H groups in total. The van der Waals surface area contributed by atoms with E-state index in [-0.39, 0.29) is 5.91 Å². The molecule has 2 aromatic carbocycles. The normalized spacial score (nSPS) is 13.9. The Morgan fingerprint density at radius 1 is 1.03 bits per heavy atom. The Hall–Kier alpha value is -3.06. The number of aromatic nitrogens is 1. The van der Waals surface area contributed by atoms with Crippen molar-refractivity contribution in [2.45, 2.75) is 13.5 Å². The van der Waals surface area contributed by atoms with E-state index in [0.29, 0.717) is 18.8 Å². The highest BCUT2D eigenvalue weighted by Gasteiger charge is 2.23. The van der Waals surface area contributed by atoms with Gasteiger partial charge in [0.1, 0.15) is 11.4 Å². The van der Waals surface area contributed by atoms with Crippen molar-refractivity contribution in [2.75, 3.05) is 49.6 Å². The number of carbonyl (C=O) groups is 1. The van der Waals surface area contributed by atoms with Crippen molar-refractivity contribution in [3.05, 3.63) is 71.2 Å². The molecule has 1 aliphatic rings. The van der Waals surface area contributed by atoms with Crippen LogP contribution in [0.2, 0.25) is 0 Å². The van der Waals surface area contributed by atoms with E-state index in [2.05, 4.69) is 26.9 Å². The van der Waals surface area contributed by atoms with E-state index in [4.69, 9.17) is 4.74 Å². The number of nitrogens with zero attached hydrogens (tertiary/aromatic N) is 4. The van der Waals surface area contributed by atoms with Gasteiger partial charge in [0, 0.05) is 50.3 Å². The van der Waals surface area contributed by atoms with E-state index in [0.717, 1.165) is 42.6 Å². The number of hydrogen-bond donors (Lipinski definition) is 0. The molecule has 162 valence electrons. The first-order chi connectivity index (χ1) is 15.2. The first kappa shape index (κ1) is 21.2. The molecule has 6 nitrogen and oxygen atoms in total. The second-order valence-electron chi connectivity index (χ2n) is 7.49. The van der Waals surface area contributed by atoms with Gasteiger partial charge in [0.25, 0.3) is 5.91 Å². The molecular weight excluding hydrogens is 408 g/mol. The Labute approximate surface area is 187 Å². The van der Waals surface area contributed by atoms with Crippen LogP contribution in [0.5, 0.6) is 5.75 Å². The molecule has 3 aromatic rings. The zero-order valence-electron chi connectivity index (χ0n) is 18.0. The predicted molar refractivity (Wildman–Crippen MR) is 126 cm³/mol. The van der Waals surface area contributed by atoms with E-state index in [1.165, 1.54) is 5.69 Å². The van der Waals surface area contributed by atoms with Gasteiger partial charge >= 0.3 is 0 Å². The van der Waals surface area contributed by atoms with Crippen LogP contribution in [0.4, 0.5) is 10.8 Å². The lowest BCUT2D eigenvalue weighted by Crippen LogP contribution is -2.46. The fourth-order valence-electron chi connectivity index (χ4n) is 3.75. The summed E-state index contributed by atoms with van der Waals surface area (Å²) in [7, 11) is 1.68. The molecule has 1 saturated heterocycles. The Bertz CT molecular complexity index is 982. The Balaban J connectivity index is 1.36. The van der Waals surface area contributed by atoms with Gasteiger partial charge in [0.05, 0.1) is 7.11 Å². The van der Waals surface area contributed by atoms with Crippen LogP contribution in [0, 0.1) is 0 Å². The monoisotopic (exact) mass is 436 g/mol. The number of piperazine rings is 1. The highest BCUT2D eigenvalue weighted by molar-refractivity contribution is 7.13. The van der Waals surface area contributed by atoms with Gasteiger partial charge in [-0.25, -0.2) is 4.98 Å². The molecule has 2 heterocycles. The van der Waals surface area contributed by atoms with Crippen molar-refractivity contribution in [3.63, 3.8) is 0 Å². The molecule has 7 heteroatoms. The Kier molecular flexibility index (Phi) is 6.72. The van der Waals surface area contributed by atoms with Crippen molar-refractivity contribution in [3.8, 4) is 5.75 Å². The van der Waals surface area contributed by atoms with Crippen molar-refractivity contribution >= 4 is 28.1 Å². The van der Waals surface area contributed by atoms with Crippen LogP contribution in [-0.4, -0.2) is 55.6 Å². The van der Waals surface area contributed by atoms with Crippen LogP contribution >= 0.6 is 11.3 Å². The van der Waals surface area contributed by atoms with Crippen molar-refractivity contribution in [1.29, 1.82) is 0 Å². The highest BCUT2D eigenvalue weighted by atomic mass is 32.1. The molecular formula is C24H28N4O2S. The van der Waals surface area contributed by atoms with E-state index in [1.54, 1.807) is 18.4 Å². The summed E-state index contributed by atoms with van der Waals surface area (Å²) in [5, 5.41) is 2.81. The summed E-state index contributed by atoms with van der Waals surface area (Å²) >= 11 is 1.55. The zero-order chi connectivity index (χ0) is 21.6. The number of thiazole rings is 1. The minimum Gasteiger partial charge on any atom is -0.497 e. The Morgan fingerprint density at radius 2 is 1.71 bits per heavy atom. The molecule has 0 bridgehead atoms. The second-order valence-corrected chi connectivity index (χ2v) is 8.33. The first-order valence-corrected chi connectivity index (χ1v) is 11.5. The van der Waals surface area contributed by atoms with Crippen molar-refractivity contribution < 1.29 is 9.53 Å². The number of amides is 1. The molecule has 1 fully saturated rings. The molecule has 0 radical (unpaired) electrons. The maximum absolute atomic E-state index is 13.0. The van der Waals surface area contributed by atoms with Gasteiger partial charge < -0.3 is 19.4 Å². The van der Waals surface area contributed by atoms with E-state index < -0.39 is 0 Å². The van der Waals surface area contributed by atoms with Crippen LogP contribution in [0.1, 0.15) is 23.0 Å². The smallest absolute Gasteiger partial charge is 0.273 e. The maximum atomic E-state index is 13.0. The van der Waals surface area contributed by atoms with Crippen LogP contribution in [-0.2, 0) is 6.54 Å². The molecule has 31 heavy (non-hydrogen) atoms. The van der Waals surface area contributed by atoms with E-state index >= 15 is 0 Å². The molecule has 1 amide bonds. The van der Waals surface area contributed by atoms with Gasteiger partial charge in [0.15, 0.2) is 5.13 Å². The number of methoxy groups -OCH3 is 1. The van der Waals surface area contributed by atoms with Gasteiger partial charge in [-0.15, -0.1) is 11.3 Å². The molecule has 0 saturated carbocycles. The number of carbonyl (C=O) groups excluding carboxylic acids is 1. The van der Waals surface area contributed by atoms with E-state index in [1.807, 2.05) is 59.7 Å². The average Bonchev–Trinajstić information content (AvgIpc) is 3.33. The van der Waals surface area contributed by atoms with Gasteiger partial charge in [-0.2, -0.15) is 0 Å². The molecule has 1 aromatic heterocycles. The second kappa shape index (κ2) is 9.83. The fourth-order valence-corrected chi connectivity index (χ4v) is 4.60. The number of ether oxygens (including phenoxy) is 1. The Morgan fingerprint density at radius 3 is 2.35 bits per heavy atom. The van der Waals surface area contributed by atoms with Crippen molar-refractivity contribution in [2.24, 2.45) is 0 Å². The van der Waals surface area contributed by atoms with Gasteiger partial charge in [-0.05, 0) is 36.8 Å². The molecule has 0 spiro atoms. The third kappa shape index (κ3) is 4.99. The fraction of sp³-hybridized carbons (Fsp3) is 0.333. The summed E-state index contributed by atoms with van der Waals surface area (Å²) in [5.74, 6) is 0.862. The summed E-state index contributed by atoms with van der Waals surface area (Å²) in [6.07, 6.45) is 0. The van der Waals surface area contributed by atoms with Crippen molar-refractivity contribution in [1.82, 2.24) is 9.88 Å². The van der Waals surface area contributed by atoms with Crippen LogP contribution < -0.4 is 14.5 Å². The summed E-state index contributed by atoms with van der Waals surface area (Å²) in [4.78, 5) is 24.2. The molecule has 0 unspecified atom stereocenters.